The van der Waals surface area contributed by atoms with E-state index in [0.717, 1.165) is 0 Å². The van der Waals surface area contributed by atoms with Crippen LogP contribution in [0.2, 0.25) is 0 Å². The van der Waals surface area contributed by atoms with E-state index in [0.29, 0.717) is 0 Å². The molecule has 82 valence electrons. The van der Waals surface area contributed by atoms with Crippen LogP contribution in [0, 0.1) is 0 Å². The van der Waals surface area contributed by atoms with Crippen molar-refractivity contribution in [2.75, 3.05) is 25.6 Å². The molecule has 0 amide bonds. The van der Waals surface area contributed by atoms with Gasteiger partial charge < -0.3 is 5.11 Å². The van der Waals surface area contributed by atoms with Crippen molar-refractivity contribution in [2.24, 2.45) is 0 Å². The largest absolute Gasteiger partial charge is 0.480 e. The maximum absolute atomic E-state index is 11.2. The fourth-order valence-electron chi connectivity index (χ4n) is 1.73. The summed E-state index contributed by atoms with van der Waals surface area (Å²) in [6.07, 6.45) is 0.356. The Balaban J connectivity index is 2.91. The number of aliphatic carboxylic acids is 1. The number of hydrogen-bond acceptors (Lipinski definition) is 4. The van der Waals surface area contributed by atoms with Gasteiger partial charge in [-0.15, -0.1) is 0 Å². The maximum atomic E-state index is 11.2. The number of hydrogen-bond donors (Lipinski definition) is 1. The third-order valence-corrected chi connectivity index (χ3v) is 4.56. The summed E-state index contributed by atoms with van der Waals surface area (Å²) in [5.74, 6) is -0.994. The van der Waals surface area contributed by atoms with Crippen LogP contribution in [-0.4, -0.2) is 55.5 Å². The standard InChI is InChI=1S/C8H15NO4S/c1-9(2)8(7(10)11)3-5-14(12,13)6-4-8/h3-6H2,1-2H3,(H,10,11). The molecule has 1 rings (SSSR count). The second-order valence-corrected chi connectivity index (χ2v) is 6.19. The lowest BCUT2D eigenvalue weighted by atomic mass is 9.91. The van der Waals surface area contributed by atoms with Gasteiger partial charge in [0, 0.05) is 0 Å². The third kappa shape index (κ3) is 1.90. The molecule has 0 spiro atoms. The zero-order valence-electron chi connectivity index (χ0n) is 8.36. The summed E-state index contributed by atoms with van der Waals surface area (Å²) in [5, 5.41) is 9.09. The molecular weight excluding hydrogens is 206 g/mol. The van der Waals surface area contributed by atoms with Crippen LogP contribution in [0.4, 0.5) is 0 Å². The van der Waals surface area contributed by atoms with Crippen molar-refractivity contribution in [2.45, 2.75) is 18.4 Å². The predicted octanol–water partition coefficient (Wildman–Crippen LogP) is -0.420. The first-order valence-corrected chi connectivity index (χ1v) is 6.23. The molecule has 1 saturated heterocycles. The molecule has 0 atom stereocenters. The second kappa shape index (κ2) is 3.51. The summed E-state index contributed by atoms with van der Waals surface area (Å²) in [6, 6.07) is 0. The summed E-state index contributed by atoms with van der Waals surface area (Å²) >= 11 is 0. The highest BCUT2D eigenvalue weighted by atomic mass is 32.2. The minimum absolute atomic E-state index is 0.0303. The highest BCUT2D eigenvalue weighted by Crippen LogP contribution is 2.28. The van der Waals surface area contributed by atoms with Crippen LogP contribution in [0.1, 0.15) is 12.8 Å². The van der Waals surface area contributed by atoms with Gasteiger partial charge >= 0.3 is 5.97 Å². The normalized spacial score (nSPS) is 24.8. The Labute approximate surface area is 83.6 Å². The van der Waals surface area contributed by atoms with Crippen LogP contribution in [0.3, 0.4) is 0 Å². The van der Waals surface area contributed by atoms with Crippen LogP contribution >= 0.6 is 0 Å². The van der Waals surface area contributed by atoms with Gasteiger partial charge in [-0.25, -0.2) is 8.42 Å². The molecule has 0 unspecified atom stereocenters. The molecule has 6 heteroatoms. The number of carboxylic acid groups (broad SMARTS) is 1. The fraction of sp³-hybridized carbons (Fsp3) is 0.875. The Hall–Kier alpha value is -0.620. The van der Waals surface area contributed by atoms with Crippen molar-refractivity contribution in [1.82, 2.24) is 4.90 Å². The van der Waals surface area contributed by atoms with Crippen molar-refractivity contribution < 1.29 is 18.3 Å². The molecule has 0 aromatic rings. The fourth-order valence-corrected chi connectivity index (χ4v) is 3.23. The van der Waals surface area contributed by atoms with Gasteiger partial charge in [0.2, 0.25) is 0 Å². The van der Waals surface area contributed by atoms with Gasteiger partial charge in [-0.2, -0.15) is 0 Å². The molecule has 0 bridgehead atoms. The summed E-state index contributed by atoms with van der Waals surface area (Å²) in [7, 11) is 0.335. The number of sulfone groups is 1. The monoisotopic (exact) mass is 221 g/mol. The Morgan fingerprint density at radius 2 is 1.71 bits per heavy atom. The topological polar surface area (TPSA) is 74.7 Å². The van der Waals surface area contributed by atoms with E-state index in [2.05, 4.69) is 0 Å². The third-order valence-electron chi connectivity index (χ3n) is 2.91. The highest BCUT2D eigenvalue weighted by Gasteiger charge is 2.45. The van der Waals surface area contributed by atoms with Gasteiger partial charge in [0.25, 0.3) is 0 Å². The molecule has 0 radical (unpaired) electrons. The zero-order chi connectivity index (χ0) is 11.0. The van der Waals surface area contributed by atoms with E-state index in [1.165, 1.54) is 0 Å². The van der Waals surface area contributed by atoms with Crippen LogP contribution in [0.5, 0.6) is 0 Å². The molecular formula is C8H15NO4S. The quantitative estimate of drug-likeness (QED) is 0.685. The van der Waals surface area contributed by atoms with E-state index in [1.807, 2.05) is 0 Å². The van der Waals surface area contributed by atoms with Crippen LogP contribution in [0.15, 0.2) is 0 Å². The Bertz CT molecular complexity index is 319. The number of nitrogens with zero attached hydrogens (tertiary/aromatic N) is 1. The van der Waals surface area contributed by atoms with Crippen LogP contribution < -0.4 is 0 Å². The van der Waals surface area contributed by atoms with Gasteiger partial charge in [-0.05, 0) is 26.9 Å². The number of rotatable bonds is 2. The Kier molecular flexibility index (Phi) is 2.87. The van der Waals surface area contributed by atoms with Gasteiger partial charge in [-0.1, -0.05) is 0 Å². The van der Waals surface area contributed by atoms with Crippen molar-refractivity contribution in [3.63, 3.8) is 0 Å². The SMILES string of the molecule is CN(C)C1(C(=O)O)CCS(=O)(=O)CC1. The van der Waals surface area contributed by atoms with Crippen LogP contribution in [0.25, 0.3) is 0 Å². The van der Waals surface area contributed by atoms with E-state index in [-0.39, 0.29) is 24.3 Å². The Morgan fingerprint density at radius 3 is 2.00 bits per heavy atom. The molecule has 1 aliphatic rings. The average molecular weight is 221 g/mol. The van der Waals surface area contributed by atoms with E-state index in [4.69, 9.17) is 5.11 Å². The smallest absolute Gasteiger partial charge is 0.324 e. The van der Waals surface area contributed by atoms with Gasteiger partial charge in [0.05, 0.1) is 11.5 Å². The molecule has 1 aliphatic heterocycles. The van der Waals surface area contributed by atoms with Crippen LogP contribution in [-0.2, 0) is 14.6 Å². The van der Waals surface area contributed by atoms with Gasteiger partial charge in [0.15, 0.2) is 0 Å². The molecule has 0 aromatic carbocycles. The second-order valence-electron chi connectivity index (χ2n) is 3.88. The molecule has 1 fully saturated rings. The molecule has 0 aliphatic carbocycles. The molecule has 1 N–H and O–H groups in total. The molecule has 0 saturated carbocycles. The molecule has 1 heterocycles. The first-order chi connectivity index (χ1) is 6.30. The highest BCUT2D eigenvalue weighted by molar-refractivity contribution is 7.91. The van der Waals surface area contributed by atoms with E-state index >= 15 is 0 Å². The maximum Gasteiger partial charge on any atom is 0.324 e. The lowest BCUT2D eigenvalue weighted by molar-refractivity contribution is -0.150. The van der Waals surface area contributed by atoms with E-state index in [1.54, 1.807) is 19.0 Å². The Morgan fingerprint density at radius 1 is 1.29 bits per heavy atom. The minimum Gasteiger partial charge on any atom is -0.480 e. The lowest BCUT2D eigenvalue weighted by Crippen LogP contribution is -2.55. The lowest BCUT2D eigenvalue weighted by Gasteiger charge is -2.38. The molecule has 0 aromatic heterocycles. The predicted molar refractivity (Wildman–Crippen MR) is 51.9 cm³/mol. The zero-order valence-corrected chi connectivity index (χ0v) is 9.17. The average Bonchev–Trinajstić information content (AvgIpc) is 2.03. The number of carbonyl (C=O) groups is 1. The first-order valence-electron chi connectivity index (χ1n) is 4.41. The molecule has 5 nitrogen and oxygen atoms in total. The van der Waals surface area contributed by atoms with Crippen molar-refractivity contribution in [3.05, 3.63) is 0 Å². The van der Waals surface area contributed by atoms with E-state index < -0.39 is 21.3 Å². The first kappa shape index (κ1) is 11.5. The van der Waals surface area contributed by atoms with E-state index in [9.17, 15) is 13.2 Å². The summed E-state index contributed by atoms with van der Waals surface area (Å²) in [6.45, 7) is 0. The van der Waals surface area contributed by atoms with Crippen molar-refractivity contribution in [1.29, 1.82) is 0 Å². The summed E-state index contributed by atoms with van der Waals surface area (Å²) in [5.41, 5.74) is -0.995. The van der Waals surface area contributed by atoms with Gasteiger partial charge in [0.1, 0.15) is 15.4 Å². The summed E-state index contributed by atoms with van der Waals surface area (Å²) in [4.78, 5) is 12.7. The van der Waals surface area contributed by atoms with Gasteiger partial charge in [-0.3, -0.25) is 9.69 Å². The molecule has 14 heavy (non-hydrogen) atoms. The summed E-state index contributed by atoms with van der Waals surface area (Å²) < 4.78 is 22.3. The number of carboxylic acids is 1. The number of likely N-dealkylation sites (N-methyl/N-ethyl adjacent to an activating group) is 1. The van der Waals surface area contributed by atoms with Crippen molar-refractivity contribution in [3.8, 4) is 0 Å². The minimum atomic E-state index is -3.01. The van der Waals surface area contributed by atoms with Crippen molar-refractivity contribution >= 4 is 15.8 Å².